The number of hydrogen-bond acceptors (Lipinski definition) is 4. The lowest BCUT2D eigenvalue weighted by atomic mass is 10.1. The van der Waals surface area contributed by atoms with E-state index < -0.39 is 0 Å². The van der Waals surface area contributed by atoms with Crippen molar-refractivity contribution in [2.45, 2.75) is 6.42 Å². The number of hydrogen-bond donors (Lipinski definition) is 1. The van der Waals surface area contributed by atoms with E-state index in [4.69, 9.17) is 17.5 Å². The summed E-state index contributed by atoms with van der Waals surface area (Å²) in [7, 11) is 0. The van der Waals surface area contributed by atoms with Gasteiger partial charge in [-0.2, -0.15) is 5.26 Å². The predicted octanol–water partition coefficient (Wildman–Crippen LogP) is 4.76. The van der Waals surface area contributed by atoms with Gasteiger partial charge in [0, 0.05) is 11.4 Å². The van der Waals surface area contributed by atoms with Crippen LogP contribution in [0.1, 0.15) is 5.56 Å². The maximum Gasteiger partial charge on any atom is 0.0838 e. The van der Waals surface area contributed by atoms with E-state index >= 15 is 0 Å². The molecule has 1 aliphatic carbocycles. The number of benzene rings is 2. The number of nitrogens with zero attached hydrogens (tertiary/aromatic N) is 2. The molecular formula is C20H15N3S. The van der Waals surface area contributed by atoms with Gasteiger partial charge in [-0.1, -0.05) is 42.5 Å². The van der Waals surface area contributed by atoms with Crippen molar-refractivity contribution in [1.29, 1.82) is 5.26 Å². The molecule has 0 saturated carbocycles. The summed E-state index contributed by atoms with van der Waals surface area (Å²) in [5.74, 6) is 0. The molecular weight excluding hydrogens is 314 g/mol. The minimum atomic E-state index is 0.406. The Balaban J connectivity index is 1.82. The molecule has 0 unspecified atom stereocenters. The highest BCUT2D eigenvalue weighted by molar-refractivity contribution is 7.82. The zero-order valence-corrected chi connectivity index (χ0v) is 13.8. The van der Waals surface area contributed by atoms with Gasteiger partial charge in [-0.15, -0.1) is 0 Å². The number of anilines is 1. The number of para-hydroxylation sites is 1. The van der Waals surface area contributed by atoms with Crippen LogP contribution in [0, 0.1) is 11.3 Å². The van der Waals surface area contributed by atoms with Crippen LogP contribution in [-0.4, -0.2) is 10.6 Å². The molecule has 0 bridgehead atoms. The van der Waals surface area contributed by atoms with Crippen LogP contribution in [0.3, 0.4) is 0 Å². The quantitative estimate of drug-likeness (QED) is 0.823. The summed E-state index contributed by atoms with van der Waals surface area (Å²) in [6, 6.07) is 19.7. The Hall–Kier alpha value is -3.03. The predicted molar refractivity (Wildman–Crippen MR) is 103 cm³/mol. The Kier molecular flexibility index (Phi) is 4.95. The normalized spacial score (nSPS) is 15.0. The van der Waals surface area contributed by atoms with Crippen molar-refractivity contribution in [3.63, 3.8) is 0 Å². The molecule has 116 valence electrons. The summed E-state index contributed by atoms with van der Waals surface area (Å²) in [4.78, 5) is 5.32. The minimum Gasteiger partial charge on any atom is -0.355 e. The molecule has 1 aliphatic rings. The van der Waals surface area contributed by atoms with Crippen molar-refractivity contribution in [2.24, 2.45) is 4.99 Å². The number of thiocarbonyl (C=S) groups is 1. The van der Waals surface area contributed by atoms with Crippen LogP contribution in [-0.2, 0) is 6.42 Å². The molecule has 24 heavy (non-hydrogen) atoms. The second kappa shape index (κ2) is 7.49. The second-order valence-corrected chi connectivity index (χ2v) is 5.73. The summed E-state index contributed by atoms with van der Waals surface area (Å²) in [5.41, 5.74) is 4.50. The van der Waals surface area contributed by atoms with E-state index in [1.165, 1.54) is 0 Å². The van der Waals surface area contributed by atoms with Crippen LogP contribution in [0.15, 0.2) is 83.5 Å². The topological polar surface area (TPSA) is 48.2 Å². The molecule has 0 saturated heterocycles. The third-order valence-electron chi connectivity index (χ3n) is 3.49. The van der Waals surface area contributed by atoms with E-state index in [1.807, 2.05) is 72.8 Å². The van der Waals surface area contributed by atoms with Gasteiger partial charge in [-0.25, -0.2) is 4.99 Å². The van der Waals surface area contributed by atoms with E-state index in [1.54, 1.807) is 0 Å². The maximum absolute atomic E-state index is 8.72. The van der Waals surface area contributed by atoms with E-state index in [-0.39, 0.29) is 0 Å². The molecule has 0 aromatic heterocycles. The van der Waals surface area contributed by atoms with Crippen LogP contribution in [0.2, 0.25) is 0 Å². The number of aliphatic imine (C=N–C) groups is 1. The van der Waals surface area contributed by atoms with E-state index in [9.17, 15) is 0 Å². The average Bonchev–Trinajstić information content (AvgIpc) is 2.61. The molecule has 0 heterocycles. The smallest absolute Gasteiger partial charge is 0.0838 e. The first-order chi connectivity index (χ1) is 11.7. The molecule has 1 N–H and O–H groups in total. The molecule has 0 amide bonds. The Morgan fingerprint density at radius 3 is 2.46 bits per heavy atom. The lowest BCUT2D eigenvalue weighted by Gasteiger charge is -2.12. The molecule has 0 spiro atoms. The van der Waals surface area contributed by atoms with Gasteiger partial charge in [-0.05, 0) is 48.1 Å². The highest BCUT2D eigenvalue weighted by atomic mass is 32.1. The van der Waals surface area contributed by atoms with Crippen molar-refractivity contribution < 1.29 is 0 Å². The molecule has 0 atom stereocenters. The van der Waals surface area contributed by atoms with Gasteiger partial charge in [0.15, 0.2) is 0 Å². The third-order valence-corrected chi connectivity index (χ3v) is 3.84. The molecule has 0 radical (unpaired) electrons. The van der Waals surface area contributed by atoms with Gasteiger partial charge in [0.25, 0.3) is 0 Å². The monoisotopic (exact) mass is 329 g/mol. The Morgan fingerprint density at radius 1 is 1.00 bits per heavy atom. The van der Waals surface area contributed by atoms with Crippen molar-refractivity contribution in [3.05, 3.63) is 84.1 Å². The van der Waals surface area contributed by atoms with Gasteiger partial charge in [0.05, 0.1) is 28.8 Å². The van der Waals surface area contributed by atoms with Crippen LogP contribution in [0.4, 0.5) is 11.4 Å². The summed E-state index contributed by atoms with van der Waals surface area (Å²) < 4.78 is 0. The van der Waals surface area contributed by atoms with Crippen LogP contribution >= 0.6 is 12.2 Å². The summed E-state index contributed by atoms with van der Waals surface area (Å²) in [5, 5.41) is 12.1. The Bertz CT molecular complexity index is 869. The largest absolute Gasteiger partial charge is 0.355 e. The van der Waals surface area contributed by atoms with Crippen molar-refractivity contribution in [1.82, 2.24) is 0 Å². The molecule has 3 nitrogen and oxygen atoms in total. The average molecular weight is 329 g/mol. The first kappa shape index (κ1) is 15.9. The summed E-state index contributed by atoms with van der Waals surface area (Å²) >= 11 is 5.38. The number of nitriles is 1. The third kappa shape index (κ3) is 4.03. The molecule has 4 heteroatoms. The fourth-order valence-corrected chi connectivity index (χ4v) is 2.46. The molecule has 3 rings (SSSR count). The van der Waals surface area contributed by atoms with E-state index in [2.05, 4.69) is 16.4 Å². The molecule has 0 aliphatic heterocycles. The van der Waals surface area contributed by atoms with Crippen LogP contribution in [0.5, 0.6) is 0 Å². The fourth-order valence-electron chi connectivity index (χ4n) is 2.29. The minimum absolute atomic E-state index is 0.406. The second-order valence-electron chi connectivity index (χ2n) is 5.29. The van der Waals surface area contributed by atoms with Gasteiger partial charge in [0.2, 0.25) is 0 Å². The first-order valence-corrected chi connectivity index (χ1v) is 7.96. The summed E-state index contributed by atoms with van der Waals surface area (Å²) in [6.45, 7) is 0. The SMILES string of the molecule is N#CCc1ccc(N=C2C=C(Nc3ccccc3)C=CC2=S)cc1. The van der Waals surface area contributed by atoms with E-state index in [0.29, 0.717) is 11.3 Å². The van der Waals surface area contributed by atoms with Gasteiger partial charge < -0.3 is 5.32 Å². The number of nitrogens with one attached hydrogen (secondary N) is 1. The van der Waals surface area contributed by atoms with Crippen molar-refractivity contribution >= 4 is 34.2 Å². The number of allylic oxidation sites excluding steroid dienone is 3. The van der Waals surface area contributed by atoms with E-state index in [0.717, 1.165) is 28.3 Å². The van der Waals surface area contributed by atoms with Crippen LogP contribution < -0.4 is 5.32 Å². The van der Waals surface area contributed by atoms with Gasteiger partial charge in [-0.3, -0.25) is 0 Å². The summed E-state index contributed by atoms with van der Waals surface area (Å²) in [6.07, 6.45) is 6.18. The molecule has 2 aromatic rings. The zero-order chi connectivity index (χ0) is 16.8. The number of rotatable bonds is 4. The van der Waals surface area contributed by atoms with Gasteiger partial charge in [0.1, 0.15) is 0 Å². The van der Waals surface area contributed by atoms with Gasteiger partial charge >= 0.3 is 0 Å². The van der Waals surface area contributed by atoms with Crippen molar-refractivity contribution in [2.75, 3.05) is 5.32 Å². The Labute approximate surface area is 146 Å². The first-order valence-electron chi connectivity index (χ1n) is 7.55. The highest BCUT2D eigenvalue weighted by Gasteiger charge is 2.09. The lowest BCUT2D eigenvalue weighted by molar-refractivity contribution is 1.26. The lowest BCUT2D eigenvalue weighted by Crippen LogP contribution is -2.13. The molecule has 2 aromatic carbocycles. The zero-order valence-electron chi connectivity index (χ0n) is 12.9. The highest BCUT2D eigenvalue weighted by Crippen LogP contribution is 2.18. The molecule has 0 fully saturated rings. The Morgan fingerprint density at radius 2 is 1.75 bits per heavy atom. The maximum atomic E-state index is 8.72. The van der Waals surface area contributed by atoms with Crippen LogP contribution in [0.25, 0.3) is 0 Å². The fraction of sp³-hybridized carbons (Fsp3) is 0.0500. The standard InChI is InChI=1S/C20H15N3S/c21-13-12-15-6-8-17(9-7-15)23-19-14-18(10-11-20(19)24)22-16-4-2-1-3-5-16/h1-11,14,22H,12H2. The van der Waals surface area contributed by atoms with Crippen molar-refractivity contribution in [3.8, 4) is 6.07 Å².